The molecular weight excluding hydrogens is 310 g/mol. The first-order chi connectivity index (χ1) is 10.1. The quantitative estimate of drug-likeness (QED) is 0.478. The number of H-pyrrole nitrogens is 1. The molecule has 1 amide bonds. The van der Waals surface area contributed by atoms with Crippen LogP contribution in [0.5, 0.6) is 5.75 Å². The van der Waals surface area contributed by atoms with Gasteiger partial charge in [0, 0.05) is 25.0 Å². The Kier molecular flexibility index (Phi) is 6.84. The highest BCUT2D eigenvalue weighted by Gasteiger charge is 2.18. The first-order valence-corrected chi connectivity index (χ1v) is 6.59. The van der Waals surface area contributed by atoms with Crippen LogP contribution in [0.4, 0.5) is 0 Å². The number of para-hydroxylation sites is 1. The third-order valence-corrected chi connectivity index (χ3v) is 3.00. The molecule has 1 aromatic carbocycles. The van der Waals surface area contributed by atoms with Gasteiger partial charge in [0.25, 0.3) is 11.5 Å². The number of halogens is 1. The highest BCUT2D eigenvalue weighted by molar-refractivity contribution is 6.01. The van der Waals surface area contributed by atoms with Gasteiger partial charge in [-0.15, -0.1) is 12.4 Å². The summed E-state index contributed by atoms with van der Waals surface area (Å²) in [5, 5.41) is 24.6. The minimum absolute atomic E-state index is 0. The fourth-order valence-electron chi connectivity index (χ4n) is 1.99. The van der Waals surface area contributed by atoms with E-state index in [1.807, 2.05) is 0 Å². The molecule has 22 heavy (non-hydrogen) atoms. The van der Waals surface area contributed by atoms with E-state index in [9.17, 15) is 14.7 Å². The average Bonchev–Trinajstić information content (AvgIpc) is 2.47. The number of nitrogens with one attached hydrogen (secondary N) is 3. The zero-order chi connectivity index (χ0) is 15.2. The zero-order valence-corrected chi connectivity index (χ0v) is 12.6. The Bertz CT molecular complexity index is 702. The Hall–Kier alpha value is -2.09. The van der Waals surface area contributed by atoms with Crippen molar-refractivity contribution in [2.45, 2.75) is 0 Å². The third-order valence-electron chi connectivity index (χ3n) is 3.00. The number of aliphatic hydroxyl groups is 1. The summed E-state index contributed by atoms with van der Waals surface area (Å²) in [6.45, 7) is 1.18. The summed E-state index contributed by atoms with van der Waals surface area (Å²) >= 11 is 0. The summed E-state index contributed by atoms with van der Waals surface area (Å²) in [6.07, 6.45) is 0. The van der Waals surface area contributed by atoms with Crippen LogP contribution in [-0.4, -0.2) is 47.3 Å². The van der Waals surface area contributed by atoms with E-state index >= 15 is 0 Å². The van der Waals surface area contributed by atoms with Crippen LogP contribution in [-0.2, 0) is 0 Å². The number of benzene rings is 1. The Morgan fingerprint density at radius 3 is 2.64 bits per heavy atom. The van der Waals surface area contributed by atoms with E-state index in [0.29, 0.717) is 24.0 Å². The molecule has 8 heteroatoms. The molecule has 0 radical (unpaired) electrons. The van der Waals surface area contributed by atoms with E-state index in [4.69, 9.17) is 5.11 Å². The van der Waals surface area contributed by atoms with Crippen LogP contribution in [0, 0.1) is 0 Å². The second kappa shape index (κ2) is 8.38. The van der Waals surface area contributed by atoms with Gasteiger partial charge in [-0.1, -0.05) is 12.1 Å². The van der Waals surface area contributed by atoms with Crippen molar-refractivity contribution in [3.05, 3.63) is 40.2 Å². The van der Waals surface area contributed by atoms with E-state index in [2.05, 4.69) is 15.6 Å². The number of aromatic amines is 1. The summed E-state index contributed by atoms with van der Waals surface area (Å²) in [5.41, 5.74) is -0.455. The number of aromatic hydroxyl groups is 1. The van der Waals surface area contributed by atoms with Gasteiger partial charge in [0.1, 0.15) is 11.3 Å². The smallest absolute Gasteiger partial charge is 0.265 e. The molecule has 0 aliphatic carbocycles. The van der Waals surface area contributed by atoms with Gasteiger partial charge in [0.15, 0.2) is 0 Å². The molecule has 1 heterocycles. The van der Waals surface area contributed by atoms with Crippen LogP contribution >= 0.6 is 12.4 Å². The van der Waals surface area contributed by atoms with Gasteiger partial charge in [0.05, 0.1) is 12.1 Å². The minimum atomic E-state index is -0.634. The van der Waals surface area contributed by atoms with Crippen LogP contribution in [0.25, 0.3) is 10.9 Å². The predicted molar refractivity (Wildman–Crippen MR) is 85.8 cm³/mol. The van der Waals surface area contributed by atoms with E-state index < -0.39 is 11.5 Å². The molecular formula is C14H18ClN3O4. The molecule has 7 nitrogen and oxygen atoms in total. The molecule has 0 aliphatic rings. The first kappa shape index (κ1) is 18.0. The maximum atomic E-state index is 12.0. The van der Waals surface area contributed by atoms with Crippen molar-refractivity contribution in [1.29, 1.82) is 0 Å². The number of carbonyl (C=O) groups excluding carboxylic acids is 1. The molecule has 0 fully saturated rings. The summed E-state index contributed by atoms with van der Waals surface area (Å²) < 4.78 is 0. The second-order valence-electron chi connectivity index (χ2n) is 4.45. The lowest BCUT2D eigenvalue weighted by Crippen LogP contribution is -2.35. The molecule has 0 saturated carbocycles. The number of amides is 1. The van der Waals surface area contributed by atoms with Gasteiger partial charge in [-0.25, -0.2) is 0 Å². The lowest BCUT2D eigenvalue weighted by Gasteiger charge is -2.08. The van der Waals surface area contributed by atoms with Crippen LogP contribution < -0.4 is 16.2 Å². The molecule has 0 bridgehead atoms. The first-order valence-electron chi connectivity index (χ1n) is 6.59. The Morgan fingerprint density at radius 2 is 1.91 bits per heavy atom. The highest BCUT2D eigenvalue weighted by atomic mass is 35.5. The van der Waals surface area contributed by atoms with E-state index in [1.165, 1.54) is 0 Å². The van der Waals surface area contributed by atoms with Crippen molar-refractivity contribution in [1.82, 2.24) is 15.6 Å². The van der Waals surface area contributed by atoms with Crippen molar-refractivity contribution in [2.24, 2.45) is 0 Å². The normalized spacial score (nSPS) is 10.2. The van der Waals surface area contributed by atoms with Gasteiger partial charge in [0.2, 0.25) is 0 Å². The molecule has 2 rings (SSSR count). The second-order valence-corrected chi connectivity index (χ2v) is 4.45. The average molecular weight is 328 g/mol. The Balaban J connectivity index is 0.00000242. The number of pyridine rings is 1. The number of hydrogen-bond acceptors (Lipinski definition) is 5. The van der Waals surface area contributed by atoms with Gasteiger partial charge in [-0.05, 0) is 12.1 Å². The standard InChI is InChI=1S/C14H17N3O4.ClH/c18-8-7-15-5-6-16-13(20)11-12(19)9-3-1-2-4-10(9)17-14(11)21;/h1-4,15,18H,5-8H2,(H,16,20)(H2,17,19,21);1H. The van der Waals surface area contributed by atoms with E-state index in [-0.39, 0.29) is 36.9 Å². The fourth-order valence-corrected chi connectivity index (χ4v) is 1.99. The van der Waals surface area contributed by atoms with Crippen molar-refractivity contribution in [3.8, 4) is 5.75 Å². The number of aromatic nitrogens is 1. The van der Waals surface area contributed by atoms with E-state index in [1.54, 1.807) is 24.3 Å². The van der Waals surface area contributed by atoms with Crippen LogP contribution in [0.3, 0.4) is 0 Å². The monoisotopic (exact) mass is 327 g/mol. The number of aliphatic hydroxyl groups excluding tert-OH is 1. The molecule has 0 spiro atoms. The van der Waals surface area contributed by atoms with Gasteiger partial charge in [-0.3, -0.25) is 9.59 Å². The van der Waals surface area contributed by atoms with Crippen molar-refractivity contribution < 1.29 is 15.0 Å². The topological polar surface area (TPSA) is 114 Å². The molecule has 120 valence electrons. The molecule has 0 saturated heterocycles. The Morgan fingerprint density at radius 1 is 1.18 bits per heavy atom. The summed E-state index contributed by atoms with van der Waals surface area (Å²) in [4.78, 5) is 26.5. The Labute approximate surface area is 132 Å². The zero-order valence-electron chi connectivity index (χ0n) is 11.8. The maximum Gasteiger partial charge on any atom is 0.265 e. The van der Waals surface area contributed by atoms with E-state index in [0.717, 1.165) is 0 Å². The van der Waals surface area contributed by atoms with Crippen LogP contribution in [0.2, 0.25) is 0 Å². The number of rotatable bonds is 6. The third kappa shape index (κ3) is 3.97. The molecule has 5 N–H and O–H groups in total. The minimum Gasteiger partial charge on any atom is -0.506 e. The highest BCUT2D eigenvalue weighted by Crippen LogP contribution is 2.24. The fraction of sp³-hybridized carbons (Fsp3) is 0.286. The SMILES string of the molecule is Cl.O=C(NCCNCCO)c1c(O)c2ccccc2[nH]c1=O. The van der Waals surface area contributed by atoms with Gasteiger partial charge in [-0.2, -0.15) is 0 Å². The van der Waals surface area contributed by atoms with Crippen molar-refractivity contribution >= 4 is 29.2 Å². The lowest BCUT2D eigenvalue weighted by molar-refractivity contribution is 0.0950. The molecule has 0 atom stereocenters. The number of fused-ring (bicyclic) bond motifs is 1. The molecule has 2 aromatic rings. The summed E-state index contributed by atoms with van der Waals surface area (Å²) in [6, 6.07) is 6.71. The van der Waals surface area contributed by atoms with Gasteiger partial charge < -0.3 is 25.8 Å². The largest absolute Gasteiger partial charge is 0.506 e. The van der Waals surface area contributed by atoms with Crippen molar-refractivity contribution in [3.63, 3.8) is 0 Å². The molecule has 0 unspecified atom stereocenters. The van der Waals surface area contributed by atoms with Gasteiger partial charge >= 0.3 is 0 Å². The molecule has 0 aliphatic heterocycles. The predicted octanol–water partition coefficient (Wildman–Crippen LogP) is -0.0328. The summed E-state index contributed by atoms with van der Waals surface area (Å²) in [5.74, 6) is -0.958. The summed E-state index contributed by atoms with van der Waals surface area (Å²) in [7, 11) is 0. The van der Waals surface area contributed by atoms with Crippen LogP contribution in [0.15, 0.2) is 29.1 Å². The lowest BCUT2D eigenvalue weighted by atomic mass is 10.1. The maximum absolute atomic E-state index is 12.0. The van der Waals surface area contributed by atoms with Crippen molar-refractivity contribution in [2.75, 3.05) is 26.2 Å². The number of carbonyl (C=O) groups is 1. The number of hydrogen-bond donors (Lipinski definition) is 5. The van der Waals surface area contributed by atoms with Crippen LogP contribution in [0.1, 0.15) is 10.4 Å². The molecule has 1 aromatic heterocycles.